The van der Waals surface area contributed by atoms with Crippen LogP contribution in [0.1, 0.15) is 6.92 Å². The predicted molar refractivity (Wildman–Crippen MR) is 53.9 cm³/mol. The van der Waals surface area contributed by atoms with E-state index in [0.717, 1.165) is 0 Å². The van der Waals surface area contributed by atoms with Crippen LogP contribution in [0.15, 0.2) is 12.1 Å². The third-order valence-electron chi connectivity index (χ3n) is 1.88. The first-order valence-electron chi connectivity index (χ1n) is 4.47. The Hall–Kier alpha value is -1.27. The van der Waals surface area contributed by atoms with E-state index in [-0.39, 0.29) is 23.6 Å². The lowest BCUT2D eigenvalue weighted by Crippen LogP contribution is -2.33. The Balaban J connectivity index is 3.22. The molecule has 0 aromatic heterocycles. The number of methoxy groups -OCH3 is 1. The molecule has 15 heavy (non-hydrogen) atoms. The van der Waals surface area contributed by atoms with Crippen molar-refractivity contribution in [2.24, 2.45) is 0 Å². The molecule has 1 rings (SSSR count). The van der Waals surface area contributed by atoms with Crippen LogP contribution in [0.5, 0.6) is 11.5 Å². The molecular formula is C9H12BFO4. The van der Waals surface area contributed by atoms with Gasteiger partial charge in [0.2, 0.25) is 0 Å². The van der Waals surface area contributed by atoms with E-state index in [0.29, 0.717) is 0 Å². The van der Waals surface area contributed by atoms with Crippen molar-refractivity contribution in [2.45, 2.75) is 6.92 Å². The van der Waals surface area contributed by atoms with Gasteiger partial charge >= 0.3 is 7.12 Å². The maximum Gasteiger partial charge on any atom is 0.491 e. The highest BCUT2D eigenvalue weighted by Gasteiger charge is 2.22. The fourth-order valence-electron chi connectivity index (χ4n) is 1.19. The summed E-state index contributed by atoms with van der Waals surface area (Å²) in [6.45, 7) is 1.96. The number of hydrogen-bond donors (Lipinski definition) is 2. The van der Waals surface area contributed by atoms with Gasteiger partial charge < -0.3 is 19.5 Å². The third-order valence-corrected chi connectivity index (χ3v) is 1.88. The number of halogens is 1. The molecule has 0 aliphatic heterocycles. The Kier molecular flexibility index (Phi) is 3.93. The van der Waals surface area contributed by atoms with E-state index in [1.807, 2.05) is 0 Å². The molecule has 0 aliphatic carbocycles. The molecule has 0 spiro atoms. The van der Waals surface area contributed by atoms with Gasteiger partial charge in [-0.15, -0.1) is 0 Å². The second-order valence-electron chi connectivity index (χ2n) is 2.81. The van der Waals surface area contributed by atoms with Crippen molar-refractivity contribution >= 4 is 12.6 Å². The van der Waals surface area contributed by atoms with E-state index >= 15 is 0 Å². The van der Waals surface area contributed by atoms with Gasteiger partial charge in [-0.3, -0.25) is 0 Å². The Morgan fingerprint density at radius 1 is 1.40 bits per heavy atom. The van der Waals surface area contributed by atoms with Crippen LogP contribution < -0.4 is 14.9 Å². The van der Waals surface area contributed by atoms with Gasteiger partial charge in [-0.05, 0) is 13.0 Å². The van der Waals surface area contributed by atoms with E-state index in [1.54, 1.807) is 6.92 Å². The Bertz CT molecular complexity index is 343. The van der Waals surface area contributed by atoms with Crippen molar-refractivity contribution in [3.63, 3.8) is 0 Å². The first kappa shape index (κ1) is 11.8. The average Bonchev–Trinajstić information content (AvgIpc) is 2.20. The molecule has 1 aromatic carbocycles. The molecule has 4 nitrogen and oxygen atoms in total. The van der Waals surface area contributed by atoms with Crippen LogP contribution in [-0.4, -0.2) is 30.9 Å². The van der Waals surface area contributed by atoms with Gasteiger partial charge in [-0.1, -0.05) is 6.07 Å². The standard InChI is InChI=1S/C9H12BFO4/c1-3-15-9-7(14-2)5-4-6(8(9)11)10(12)13/h4-5,12-13H,3H2,1-2H3. The summed E-state index contributed by atoms with van der Waals surface area (Å²) in [6.07, 6.45) is 0. The number of benzene rings is 1. The van der Waals surface area contributed by atoms with E-state index in [9.17, 15) is 4.39 Å². The normalized spacial score (nSPS) is 9.93. The first-order valence-corrected chi connectivity index (χ1v) is 4.47. The Labute approximate surface area is 87.4 Å². The summed E-state index contributed by atoms with van der Waals surface area (Å²) in [5, 5.41) is 17.8. The number of hydrogen-bond acceptors (Lipinski definition) is 4. The van der Waals surface area contributed by atoms with Gasteiger partial charge in [0.1, 0.15) is 0 Å². The molecule has 1 aromatic rings. The zero-order valence-corrected chi connectivity index (χ0v) is 8.53. The monoisotopic (exact) mass is 214 g/mol. The van der Waals surface area contributed by atoms with Gasteiger partial charge in [-0.2, -0.15) is 0 Å². The van der Waals surface area contributed by atoms with Gasteiger partial charge in [0.15, 0.2) is 17.3 Å². The lowest BCUT2D eigenvalue weighted by molar-refractivity contribution is 0.295. The average molecular weight is 214 g/mol. The molecule has 6 heteroatoms. The summed E-state index contributed by atoms with van der Waals surface area (Å²) < 4.78 is 23.5. The maximum absolute atomic E-state index is 13.6. The first-order chi connectivity index (χ1) is 7.11. The minimum absolute atomic E-state index is 0.106. The molecule has 82 valence electrons. The molecule has 0 heterocycles. The van der Waals surface area contributed by atoms with Crippen molar-refractivity contribution < 1.29 is 23.9 Å². The summed E-state index contributed by atoms with van der Waals surface area (Å²) in [6, 6.07) is 2.66. The number of rotatable bonds is 4. The van der Waals surface area contributed by atoms with Crippen molar-refractivity contribution in [3.05, 3.63) is 17.9 Å². The summed E-state index contributed by atoms with van der Waals surface area (Å²) in [5.74, 6) is -0.699. The highest BCUT2D eigenvalue weighted by Crippen LogP contribution is 2.28. The van der Waals surface area contributed by atoms with Crippen LogP contribution in [-0.2, 0) is 0 Å². The number of ether oxygens (including phenoxy) is 2. The van der Waals surface area contributed by atoms with E-state index in [4.69, 9.17) is 19.5 Å². The van der Waals surface area contributed by atoms with Gasteiger partial charge in [0.25, 0.3) is 0 Å². The fourth-order valence-corrected chi connectivity index (χ4v) is 1.19. The Morgan fingerprint density at radius 3 is 2.53 bits per heavy atom. The lowest BCUT2D eigenvalue weighted by atomic mass is 9.79. The second-order valence-corrected chi connectivity index (χ2v) is 2.81. The van der Waals surface area contributed by atoms with Crippen molar-refractivity contribution in [1.29, 1.82) is 0 Å². The maximum atomic E-state index is 13.6. The lowest BCUT2D eigenvalue weighted by Gasteiger charge is -2.12. The van der Waals surface area contributed by atoms with Crippen LogP contribution in [0.2, 0.25) is 0 Å². The molecule has 0 saturated heterocycles. The van der Waals surface area contributed by atoms with Crippen LogP contribution in [0.4, 0.5) is 4.39 Å². The summed E-state index contributed by atoms with van der Waals surface area (Å²) >= 11 is 0. The zero-order valence-electron chi connectivity index (χ0n) is 8.53. The van der Waals surface area contributed by atoms with E-state index in [2.05, 4.69) is 0 Å². The molecular weight excluding hydrogens is 202 g/mol. The minimum Gasteiger partial charge on any atom is -0.493 e. The minimum atomic E-state index is -1.87. The van der Waals surface area contributed by atoms with Crippen molar-refractivity contribution in [2.75, 3.05) is 13.7 Å². The van der Waals surface area contributed by atoms with Crippen LogP contribution in [0, 0.1) is 5.82 Å². The topological polar surface area (TPSA) is 58.9 Å². The van der Waals surface area contributed by atoms with Crippen molar-refractivity contribution in [1.82, 2.24) is 0 Å². The molecule has 0 unspecified atom stereocenters. The largest absolute Gasteiger partial charge is 0.493 e. The molecule has 0 fully saturated rings. The van der Waals surface area contributed by atoms with Gasteiger partial charge in [0, 0.05) is 5.46 Å². The summed E-state index contributed by atoms with van der Waals surface area (Å²) in [7, 11) is -0.484. The summed E-state index contributed by atoms with van der Waals surface area (Å²) in [5.41, 5.74) is -0.237. The molecule has 0 radical (unpaired) electrons. The quantitative estimate of drug-likeness (QED) is 0.687. The molecule has 0 aliphatic rings. The summed E-state index contributed by atoms with van der Waals surface area (Å²) in [4.78, 5) is 0. The highest BCUT2D eigenvalue weighted by molar-refractivity contribution is 6.58. The van der Waals surface area contributed by atoms with Crippen molar-refractivity contribution in [3.8, 4) is 11.5 Å². The van der Waals surface area contributed by atoms with Gasteiger partial charge in [-0.25, -0.2) is 4.39 Å². The molecule has 0 amide bonds. The molecule has 2 N–H and O–H groups in total. The van der Waals surface area contributed by atoms with E-state index < -0.39 is 12.9 Å². The molecule has 0 bridgehead atoms. The van der Waals surface area contributed by atoms with Gasteiger partial charge in [0.05, 0.1) is 13.7 Å². The van der Waals surface area contributed by atoms with Crippen LogP contribution in [0.25, 0.3) is 0 Å². The second kappa shape index (κ2) is 5.00. The van der Waals surface area contributed by atoms with Crippen LogP contribution in [0.3, 0.4) is 0 Å². The SMILES string of the molecule is CCOc1c(OC)ccc(B(O)O)c1F. The predicted octanol–water partition coefficient (Wildman–Crippen LogP) is -0.0872. The third kappa shape index (κ3) is 2.40. The highest BCUT2D eigenvalue weighted by atomic mass is 19.1. The molecule has 0 saturated carbocycles. The van der Waals surface area contributed by atoms with E-state index in [1.165, 1.54) is 19.2 Å². The molecule has 0 atom stereocenters. The van der Waals surface area contributed by atoms with Crippen LogP contribution >= 0.6 is 0 Å². The Morgan fingerprint density at radius 2 is 2.07 bits per heavy atom. The smallest absolute Gasteiger partial charge is 0.491 e. The fraction of sp³-hybridized carbons (Fsp3) is 0.333. The zero-order chi connectivity index (χ0) is 11.4.